The summed E-state index contributed by atoms with van der Waals surface area (Å²) in [6, 6.07) is 12.2. The Hall–Kier alpha value is -2.22. The van der Waals surface area contributed by atoms with Crippen LogP contribution in [-0.4, -0.2) is 11.6 Å². The monoisotopic (exact) mass is 336 g/mol. The van der Waals surface area contributed by atoms with E-state index in [9.17, 15) is 9.59 Å². The van der Waals surface area contributed by atoms with Crippen molar-refractivity contribution in [1.29, 1.82) is 0 Å². The highest BCUT2D eigenvalue weighted by atomic mass is 16.1. The molecule has 0 heterocycles. The molecule has 2 aromatic rings. The zero-order valence-corrected chi connectivity index (χ0v) is 15.8. The highest BCUT2D eigenvalue weighted by molar-refractivity contribution is 5.94. The fraction of sp³-hybridized carbons (Fsp3) is 0.391. The summed E-state index contributed by atoms with van der Waals surface area (Å²) in [7, 11) is 0. The first-order valence-corrected chi connectivity index (χ1v) is 9.21. The van der Waals surface area contributed by atoms with Crippen molar-refractivity contribution in [3.63, 3.8) is 0 Å². The number of hydrogen-bond donors (Lipinski definition) is 0. The Morgan fingerprint density at radius 3 is 1.40 bits per heavy atom. The summed E-state index contributed by atoms with van der Waals surface area (Å²) in [6.07, 6.45) is 4.99. The second-order valence-electron chi connectivity index (χ2n) is 6.64. The minimum atomic E-state index is 0.124. The Morgan fingerprint density at radius 2 is 1.08 bits per heavy atom. The van der Waals surface area contributed by atoms with Crippen LogP contribution >= 0.6 is 0 Å². The predicted molar refractivity (Wildman–Crippen MR) is 104 cm³/mol. The average molecular weight is 336 g/mol. The first kappa shape index (κ1) is 19.1. The highest BCUT2D eigenvalue weighted by Crippen LogP contribution is 2.19. The van der Waals surface area contributed by atoms with E-state index in [0.29, 0.717) is 0 Å². The van der Waals surface area contributed by atoms with Crippen molar-refractivity contribution in [2.24, 2.45) is 0 Å². The summed E-state index contributed by atoms with van der Waals surface area (Å²) in [5.74, 6) is 0.249. The van der Waals surface area contributed by atoms with Crippen molar-refractivity contribution in [1.82, 2.24) is 0 Å². The van der Waals surface area contributed by atoms with Crippen LogP contribution in [-0.2, 0) is 25.7 Å². The number of hydrogen-bond acceptors (Lipinski definition) is 2. The molecule has 0 aliphatic carbocycles. The molecule has 2 aromatic carbocycles. The summed E-state index contributed by atoms with van der Waals surface area (Å²) >= 11 is 0. The fourth-order valence-electron chi connectivity index (χ4n) is 3.31. The van der Waals surface area contributed by atoms with Crippen LogP contribution in [0.25, 0.3) is 0 Å². The van der Waals surface area contributed by atoms with Gasteiger partial charge in [-0.15, -0.1) is 0 Å². The number of carbonyl (C=O) groups excluding carboxylic acids is 2. The van der Waals surface area contributed by atoms with Crippen LogP contribution in [0.4, 0.5) is 0 Å². The molecule has 0 fully saturated rings. The van der Waals surface area contributed by atoms with Gasteiger partial charge in [0.1, 0.15) is 0 Å². The molecular formula is C23H28O2. The first-order valence-electron chi connectivity index (χ1n) is 9.21. The van der Waals surface area contributed by atoms with Crippen molar-refractivity contribution < 1.29 is 9.59 Å². The molecule has 0 aromatic heterocycles. The second kappa shape index (κ2) is 8.75. The summed E-state index contributed by atoms with van der Waals surface area (Å²) in [6.45, 7) is 7.51. The van der Waals surface area contributed by atoms with Crippen molar-refractivity contribution in [3.8, 4) is 0 Å². The highest BCUT2D eigenvalue weighted by Gasteiger charge is 2.08. The second-order valence-corrected chi connectivity index (χ2v) is 6.64. The Labute approximate surface area is 151 Å². The van der Waals surface area contributed by atoms with E-state index in [-0.39, 0.29) is 11.6 Å². The molecule has 2 rings (SSSR count). The third-order valence-electron chi connectivity index (χ3n) is 4.88. The van der Waals surface area contributed by atoms with Crippen LogP contribution in [0.3, 0.4) is 0 Å². The van der Waals surface area contributed by atoms with Gasteiger partial charge in [0.15, 0.2) is 11.6 Å². The van der Waals surface area contributed by atoms with Gasteiger partial charge in [-0.2, -0.15) is 0 Å². The molecule has 132 valence electrons. The van der Waals surface area contributed by atoms with Gasteiger partial charge < -0.3 is 0 Å². The zero-order valence-electron chi connectivity index (χ0n) is 15.8. The first-order chi connectivity index (χ1) is 12.0. The maximum Gasteiger partial charge on any atom is 0.159 e. The van der Waals surface area contributed by atoms with Gasteiger partial charge in [0.2, 0.25) is 0 Å². The minimum absolute atomic E-state index is 0.124. The number of rotatable bonds is 8. The summed E-state index contributed by atoms with van der Waals surface area (Å²) in [5, 5.41) is 0. The molecule has 0 atom stereocenters. The molecule has 2 nitrogen and oxygen atoms in total. The van der Waals surface area contributed by atoms with Gasteiger partial charge in [0, 0.05) is 11.1 Å². The Morgan fingerprint density at radius 1 is 0.680 bits per heavy atom. The van der Waals surface area contributed by atoms with Gasteiger partial charge in [0.25, 0.3) is 0 Å². The lowest BCUT2D eigenvalue weighted by atomic mass is 9.93. The average Bonchev–Trinajstić information content (AvgIpc) is 2.61. The summed E-state index contributed by atoms with van der Waals surface area (Å²) < 4.78 is 0. The quantitative estimate of drug-likeness (QED) is 0.606. The van der Waals surface area contributed by atoms with Gasteiger partial charge in [-0.25, -0.2) is 0 Å². The Kier molecular flexibility index (Phi) is 6.69. The number of benzene rings is 2. The molecule has 0 saturated heterocycles. The van der Waals surface area contributed by atoms with Crippen LogP contribution < -0.4 is 0 Å². The van der Waals surface area contributed by atoms with Gasteiger partial charge >= 0.3 is 0 Å². The van der Waals surface area contributed by atoms with E-state index >= 15 is 0 Å². The Bertz CT molecular complexity index is 706. The van der Waals surface area contributed by atoms with Gasteiger partial charge in [-0.05, 0) is 80.3 Å². The number of Topliss-reactive ketones (excluding diaryl/α,β-unsaturated/α-hetero) is 2. The molecule has 0 bridgehead atoms. The molecule has 0 N–H and O–H groups in total. The molecular weight excluding hydrogens is 308 g/mol. The van der Waals surface area contributed by atoms with E-state index in [1.807, 2.05) is 24.3 Å². The van der Waals surface area contributed by atoms with Crippen molar-refractivity contribution in [3.05, 3.63) is 69.8 Å². The third-order valence-corrected chi connectivity index (χ3v) is 4.88. The molecule has 25 heavy (non-hydrogen) atoms. The van der Waals surface area contributed by atoms with E-state index in [0.717, 1.165) is 43.2 Å². The van der Waals surface area contributed by atoms with Gasteiger partial charge in [-0.1, -0.05) is 38.1 Å². The summed E-state index contributed by atoms with van der Waals surface area (Å²) in [5.41, 5.74) is 6.82. The topological polar surface area (TPSA) is 34.1 Å². The van der Waals surface area contributed by atoms with Crippen molar-refractivity contribution in [2.75, 3.05) is 0 Å². The van der Waals surface area contributed by atoms with Crippen LogP contribution in [0.5, 0.6) is 0 Å². The lowest BCUT2D eigenvalue weighted by Gasteiger charge is -2.12. The largest absolute Gasteiger partial charge is 0.295 e. The zero-order chi connectivity index (χ0) is 18.4. The van der Waals surface area contributed by atoms with Crippen LogP contribution in [0.2, 0.25) is 0 Å². The van der Waals surface area contributed by atoms with Gasteiger partial charge in [0.05, 0.1) is 0 Å². The van der Waals surface area contributed by atoms with E-state index < -0.39 is 0 Å². The SMILES string of the molecule is CCc1cc(C(C)=O)ccc1CCCc1ccc(C(C)=O)cc1CC. The molecule has 2 heteroatoms. The summed E-state index contributed by atoms with van der Waals surface area (Å²) in [4.78, 5) is 23.1. The lowest BCUT2D eigenvalue weighted by Crippen LogP contribution is -2.01. The van der Waals surface area contributed by atoms with E-state index in [2.05, 4.69) is 26.0 Å². The molecule has 0 saturated carbocycles. The lowest BCUT2D eigenvalue weighted by molar-refractivity contribution is 0.100. The van der Waals surface area contributed by atoms with Crippen LogP contribution in [0, 0.1) is 0 Å². The van der Waals surface area contributed by atoms with Gasteiger partial charge in [-0.3, -0.25) is 9.59 Å². The third kappa shape index (κ3) is 4.88. The number of ketones is 2. The van der Waals surface area contributed by atoms with Crippen LogP contribution in [0.1, 0.15) is 77.1 Å². The minimum Gasteiger partial charge on any atom is -0.295 e. The maximum atomic E-state index is 11.5. The smallest absolute Gasteiger partial charge is 0.159 e. The predicted octanol–water partition coefficient (Wildman–Crippen LogP) is 5.39. The molecule has 0 amide bonds. The van der Waals surface area contributed by atoms with E-state index in [4.69, 9.17) is 0 Å². The van der Waals surface area contributed by atoms with E-state index in [1.54, 1.807) is 13.8 Å². The van der Waals surface area contributed by atoms with Crippen molar-refractivity contribution in [2.45, 2.75) is 59.8 Å². The molecule has 0 spiro atoms. The van der Waals surface area contributed by atoms with E-state index in [1.165, 1.54) is 22.3 Å². The van der Waals surface area contributed by atoms with Crippen LogP contribution in [0.15, 0.2) is 36.4 Å². The normalized spacial score (nSPS) is 10.7. The maximum absolute atomic E-state index is 11.5. The van der Waals surface area contributed by atoms with Crippen molar-refractivity contribution >= 4 is 11.6 Å². The standard InChI is InChI=1S/C23H28O2/c1-5-18-14-22(16(3)24)12-10-20(18)8-7-9-21-11-13-23(17(4)25)15-19(21)6-2/h10-15H,5-9H2,1-4H3. The molecule has 0 aliphatic rings. The molecule has 0 unspecified atom stereocenters. The Balaban J connectivity index is 2.08. The molecule has 0 radical (unpaired) electrons. The fourth-order valence-corrected chi connectivity index (χ4v) is 3.31. The number of carbonyl (C=O) groups is 2. The number of aryl methyl sites for hydroxylation is 4. The molecule has 0 aliphatic heterocycles.